The molecule has 154 valence electrons. The molecule has 5 rings (SSSR count). The van der Waals surface area contributed by atoms with Crippen molar-refractivity contribution in [1.82, 2.24) is 4.90 Å². The molecule has 2 aliphatic heterocycles. The van der Waals surface area contributed by atoms with Gasteiger partial charge in [0.2, 0.25) is 0 Å². The third kappa shape index (κ3) is 3.46. The SMILES string of the molecule is C=CCN1C(=O)/C(=C2/Sc3ccccc3N2CC)SC1=Nc1cccc2ccccc12. The highest BCUT2D eigenvalue weighted by Crippen LogP contribution is 2.50. The molecule has 3 aromatic rings. The fraction of sp³-hybridized carbons (Fsp3) is 0.120. The minimum Gasteiger partial charge on any atom is -0.334 e. The summed E-state index contributed by atoms with van der Waals surface area (Å²) in [5.41, 5.74) is 2.02. The molecule has 6 heteroatoms. The van der Waals surface area contributed by atoms with Crippen molar-refractivity contribution in [2.24, 2.45) is 4.99 Å². The molecule has 2 aliphatic rings. The normalized spacial score (nSPS) is 19.5. The molecule has 31 heavy (non-hydrogen) atoms. The number of benzene rings is 3. The smallest absolute Gasteiger partial charge is 0.269 e. The molecule has 0 saturated carbocycles. The van der Waals surface area contributed by atoms with Crippen LogP contribution in [0.5, 0.6) is 0 Å². The number of amidine groups is 1. The average molecular weight is 444 g/mol. The van der Waals surface area contributed by atoms with Crippen LogP contribution in [0.15, 0.2) is 99.2 Å². The molecule has 0 bridgehead atoms. The van der Waals surface area contributed by atoms with E-state index < -0.39 is 0 Å². The summed E-state index contributed by atoms with van der Waals surface area (Å²) in [6.45, 7) is 7.18. The Morgan fingerprint density at radius 3 is 2.58 bits per heavy atom. The number of rotatable bonds is 4. The monoisotopic (exact) mass is 443 g/mol. The molecule has 0 aromatic heterocycles. The molecule has 0 atom stereocenters. The Bertz CT molecular complexity index is 1260. The lowest BCUT2D eigenvalue weighted by atomic mass is 10.1. The quantitative estimate of drug-likeness (QED) is 0.346. The Morgan fingerprint density at radius 1 is 0.968 bits per heavy atom. The van der Waals surface area contributed by atoms with Crippen molar-refractivity contribution >= 4 is 56.7 Å². The van der Waals surface area contributed by atoms with E-state index in [9.17, 15) is 4.79 Å². The van der Waals surface area contributed by atoms with Crippen LogP contribution < -0.4 is 4.90 Å². The van der Waals surface area contributed by atoms with Gasteiger partial charge in [0.05, 0.1) is 11.4 Å². The summed E-state index contributed by atoms with van der Waals surface area (Å²) < 4.78 is 0. The fourth-order valence-corrected chi connectivity index (χ4v) is 6.23. The van der Waals surface area contributed by atoms with Crippen LogP contribution in [-0.2, 0) is 4.79 Å². The number of carbonyl (C=O) groups excluding carboxylic acids is 1. The average Bonchev–Trinajstić information content (AvgIpc) is 3.32. The van der Waals surface area contributed by atoms with E-state index in [1.54, 1.807) is 22.7 Å². The first-order valence-corrected chi connectivity index (χ1v) is 11.8. The number of hydrogen-bond acceptors (Lipinski definition) is 5. The van der Waals surface area contributed by atoms with Crippen molar-refractivity contribution in [2.45, 2.75) is 11.8 Å². The predicted molar refractivity (Wildman–Crippen MR) is 133 cm³/mol. The van der Waals surface area contributed by atoms with Crippen molar-refractivity contribution < 1.29 is 4.79 Å². The Balaban J connectivity index is 1.60. The summed E-state index contributed by atoms with van der Waals surface area (Å²) in [6.07, 6.45) is 1.75. The number of thioether (sulfide) groups is 2. The predicted octanol–water partition coefficient (Wildman–Crippen LogP) is 6.39. The van der Waals surface area contributed by atoms with E-state index in [0.29, 0.717) is 11.7 Å². The Kier molecular flexibility index (Phi) is 5.34. The van der Waals surface area contributed by atoms with E-state index in [-0.39, 0.29) is 5.91 Å². The van der Waals surface area contributed by atoms with Gasteiger partial charge >= 0.3 is 0 Å². The third-order valence-electron chi connectivity index (χ3n) is 5.28. The second kappa shape index (κ2) is 8.29. The number of para-hydroxylation sites is 1. The van der Waals surface area contributed by atoms with Crippen molar-refractivity contribution in [2.75, 3.05) is 18.0 Å². The highest BCUT2D eigenvalue weighted by atomic mass is 32.2. The van der Waals surface area contributed by atoms with Gasteiger partial charge in [-0.2, -0.15) is 0 Å². The van der Waals surface area contributed by atoms with Crippen LogP contribution in [0.1, 0.15) is 6.92 Å². The highest BCUT2D eigenvalue weighted by molar-refractivity contribution is 8.19. The topological polar surface area (TPSA) is 35.9 Å². The number of aliphatic imine (C=N–C) groups is 1. The van der Waals surface area contributed by atoms with E-state index in [0.717, 1.165) is 38.6 Å². The van der Waals surface area contributed by atoms with Gasteiger partial charge in [-0.25, -0.2) is 4.99 Å². The Morgan fingerprint density at radius 2 is 1.74 bits per heavy atom. The first kappa shape index (κ1) is 20.0. The number of anilines is 1. The molecule has 4 nitrogen and oxygen atoms in total. The van der Waals surface area contributed by atoms with E-state index in [2.05, 4.69) is 48.7 Å². The van der Waals surface area contributed by atoms with Crippen LogP contribution in [-0.4, -0.2) is 29.1 Å². The lowest BCUT2D eigenvalue weighted by Gasteiger charge is -2.19. The molecule has 1 saturated heterocycles. The van der Waals surface area contributed by atoms with Gasteiger partial charge in [-0.05, 0) is 42.3 Å². The van der Waals surface area contributed by atoms with Crippen LogP contribution >= 0.6 is 23.5 Å². The van der Waals surface area contributed by atoms with Crippen LogP contribution in [0.3, 0.4) is 0 Å². The van der Waals surface area contributed by atoms with Crippen molar-refractivity contribution in [3.8, 4) is 0 Å². The van der Waals surface area contributed by atoms with Gasteiger partial charge in [0.25, 0.3) is 5.91 Å². The van der Waals surface area contributed by atoms with Crippen molar-refractivity contribution in [3.05, 3.63) is 89.3 Å². The van der Waals surface area contributed by atoms with Gasteiger partial charge in [-0.3, -0.25) is 9.69 Å². The zero-order valence-electron chi connectivity index (χ0n) is 17.1. The lowest BCUT2D eigenvalue weighted by molar-refractivity contribution is -0.121. The number of hydrogen-bond donors (Lipinski definition) is 0. The highest BCUT2D eigenvalue weighted by Gasteiger charge is 2.39. The summed E-state index contributed by atoms with van der Waals surface area (Å²) in [6, 6.07) is 22.5. The number of nitrogens with zero attached hydrogens (tertiary/aromatic N) is 3. The molecule has 0 radical (unpaired) electrons. The molecular formula is C25H21N3OS2. The molecule has 1 amide bonds. The molecular weight excluding hydrogens is 422 g/mol. The second-order valence-electron chi connectivity index (χ2n) is 7.15. The molecule has 0 aliphatic carbocycles. The van der Waals surface area contributed by atoms with Crippen LogP contribution in [0.2, 0.25) is 0 Å². The van der Waals surface area contributed by atoms with Gasteiger partial charge in [0.1, 0.15) is 9.93 Å². The maximum absolute atomic E-state index is 13.4. The maximum atomic E-state index is 13.4. The van der Waals surface area contributed by atoms with Gasteiger partial charge in [0.15, 0.2) is 5.17 Å². The van der Waals surface area contributed by atoms with Gasteiger partial charge in [0, 0.05) is 23.4 Å². The summed E-state index contributed by atoms with van der Waals surface area (Å²) in [5, 5.41) is 3.88. The first-order chi connectivity index (χ1) is 15.2. The summed E-state index contributed by atoms with van der Waals surface area (Å²) in [4.78, 5) is 24.2. The Labute approximate surface area is 190 Å². The van der Waals surface area contributed by atoms with E-state index in [1.165, 1.54) is 16.7 Å². The standard InChI is InChI=1S/C25H21N3OS2/c1-3-16-28-23(29)22(24-27(4-2)20-14-7-8-15-21(20)30-24)31-25(28)26-19-13-9-11-17-10-5-6-12-18(17)19/h3,5-15H,1,4,16H2,2H3/b24-22-,26-25?. The molecule has 0 spiro atoms. The maximum Gasteiger partial charge on any atom is 0.269 e. The lowest BCUT2D eigenvalue weighted by Crippen LogP contribution is -2.30. The van der Waals surface area contributed by atoms with Crippen molar-refractivity contribution in [1.29, 1.82) is 0 Å². The summed E-state index contributed by atoms with van der Waals surface area (Å²) in [7, 11) is 0. The van der Waals surface area contributed by atoms with Crippen LogP contribution in [0, 0.1) is 0 Å². The van der Waals surface area contributed by atoms with E-state index in [1.807, 2.05) is 36.4 Å². The molecule has 0 N–H and O–H groups in total. The van der Waals surface area contributed by atoms with Gasteiger partial charge in [-0.15, -0.1) is 6.58 Å². The van der Waals surface area contributed by atoms with Gasteiger partial charge in [-0.1, -0.05) is 66.4 Å². The Hall–Kier alpha value is -2.96. The fourth-order valence-electron chi connectivity index (χ4n) is 3.83. The number of fused-ring (bicyclic) bond motifs is 2. The molecule has 1 fully saturated rings. The zero-order valence-corrected chi connectivity index (χ0v) is 18.7. The number of amides is 1. The first-order valence-electron chi connectivity index (χ1n) is 10.2. The summed E-state index contributed by atoms with van der Waals surface area (Å²) >= 11 is 3.11. The summed E-state index contributed by atoms with van der Waals surface area (Å²) in [5.74, 6) is -0.0161. The second-order valence-corrected chi connectivity index (χ2v) is 9.16. The van der Waals surface area contributed by atoms with E-state index >= 15 is 0 Å². The molecule has 3 aromatic carbocycles. The third-order valence-corrected chi connectivity index (χ3v) is 7.65. The van der Waals surface area contributed by atoms with Crippen LogP contribution in [0.4, 0.5) is 11.4 Å². The zero-order chi connectivity index (χ0) is 21.4. The minimum absolute atomic E-state index is 0.0161. The molecule has 2 heterocycles. The number of carbonyl (C=O) groups is 1. The molecule has 0 unspecified atom stereocenters. The van der Waals surface area contributed by atoms with Gasteiger partial charge < -0.3 is 4.90 Å². The largest absolute Gasteiger partial charge is 0.334 e. The van der Waals surface area contributed by atoms with Crippen molar-refractivity contribution in [3.63, 3.8) is 0 Å². The van der Waals surface area contributed by atoms with E-state index in [4.69, 9.17) is 4.99 Å². The van der Waals surface area contributed by atoms with Crippen LogP contribution in [0.25, 0.3) is 10.8 Å². The minimum atomic E-state index is -0.0161.